The van der Waals surface area contributed by atoms with E-state index < -0.39 is 47.9 Å². The number of thioether (sulfide) groups is 1. The van der Waals surface area contributed by atoms with E-state index in [0.717, 1.165) is 16.4 Å². The van der Waals surface area contributed by atoms with Crippen molar-refractivity contribution in [3.05, 3.63) is 29.2 Å². The smallest absolute Gasteiger partial charge is 0.352 e. The molecule has 38 heavy (non-hydrogen) atoms. The molecule has 17 heteroatoms. The number of likely N-dealkylation sites (tertiary alicyclic amines) is 1. The number of nitrogen functional groups attached to an aromatic ring is 1. The zero-order valence-electron chi connectivity index (χ0n) is 20.2. The number of aliphatic hydroxyl groups is 2. The second-order valence-electron chi connectivity index (χ2n) is 9.15. The molecule has 2 fully saturated rings. The molecule has 0 bridgehead atoms. The number of halogens is 1. The minimum absolute atomic E-state index is 0.0371. The molecule has 5 atom stereocenters. The number of hydrogen-bond acceptors (Lipinski definition) is 12. The Balaban J connectivity index is 1.48. The molecule has 1 unspecified atom stereocenters. The SMILES string of the molecule is C[N@@+]1(C/C=C/C2=C(C(=O)O)N3C(=O)[C@@H](NC(=O)/C(=N\OCF)c4nsc(N)n4)[C@H]3SC2)CC(O)C[C@@H]1CO. The third-order valence-electron chi connectivity index (χ3n) is 6.67. The summed E-state index contributed by atoms with van der Waals surface area (Å²) in [6, 6.07) is -1.20. The maximum absolute atomic E-state index is 13.0. The minimum Gasteiger partial charge on any atom is -0.477 e. The standard InChI is InChI=1S/C21H26FN7O7S2/c1-29(6-12(31)5-11(29)7-30)4-2-3-10-8-37-19-14(18(33)28(19)15(10)20(34)35)24-17(32)13(26-36-9-22)16-25-21(23)38-27-16/h2-3,11-12,14,19,30-31H,4-9H2,1H3,(H3-,23,24,25,27,32,34,35)/p+1/b3-2+,26-13-/t11-,12?,14-,19-,29-/m1/s1. The molecule has 3 aliphatic heterocycles. The van der Waals surface area contributed by atoms with Gasteiger partial charge in [0.25, 0.3) is 18.7 Å². The molecule has 14 nitrogen and oxygen atoms in total. The molecule has 1 aromatic rings. The van der Waals surface area contributed by atoms with Gasteiger partial charge in [0.1, 0.15) is 35.8 Å². The van der Waals surface area contributed by atoms with Crippen LogP contribution in [0.3, 0.4) is 0 Å². The maximum atomic E-state index is 13.0. The number of aliphatic hydroxyl groups excluding tert-OH is 2. The number of hydrogen-bond donors (Lipinski definition) is 5. The summed E-state index contributed by atoms with van der Waals surface area (Å²) in [5.41, 5.74) is 5.29. The first-order valence-electron chi connectivity index (χ1n) is 11.5. The van der Waals surface area contributed by atoms with E-state index >= 15 is 0 Å². The fraction of sp³-hybridized carbons (Fsp3) is 0.524. The quantitative estimate of drug-likeness (QED) is 0.0959. The highest BCUT2D eigenvalue weighted by atomic mass is 32.2. The Morgan fingerprint density at radius 1 is 1.45 bits per heavy atom. The molecule has 1 aromatic heterocycles. The van der Waals surface area contributed by atoms with Crippen molar-refractivity contribution in [2.45, 2.75) is 30.0 Å². The number of carboxylic acid groups (broad SMARTS) is 1. The number of carbonyl (C=O) groups is 3. The molecule has 0 saturated carbocycles. The predicted octanol–water partition coefficient (Wildman–Crippen LogP) is -1.37. The summed E-state index contributed by atoms with van der Waals surface area (Å²) in [7, 11) is 1.91. The molecule has 0 aliphatic carbocycles. The van der Waals surface area contributed by atoms with E-state index in [1.54, 1.807) is 12.2 Å². The number of anilines is 1. The average Bonchev–Trinajstić information content (AvgIpc) is 3.43. The first kappa shape index (κ1) is 27.9. The Morgan fingerprint density at radius 3 is 2.84 bits per heavy atom. The van der Waals surface area contributed by atoms with Gasteiger partial charge in [-0.2, -0.15) is 9.36 Å². The van der Waals surface area contributed by atoms with Crippen molar-refractivity contribution in [1.82, 2.24) is 19.6 Å². The van der Waals surface area contributed by atoms with Crippen LogP contribution in [0.4, 0.5) is 9.52 Å². The number of nitrogens with zero attached hydrogens (tertiary/aromatic N) is 5. The number of aliphatic carboxylic acids is 1. The highest BCUT2D eigenvalue weighted by Crippen LogP contribution is 2.40. The van der Waals surface area contributed by atoms with Crippen LogP contribution >= 0.6 is 23.3 Å². The van der Waals surface area contributed by atoms with E-state index in [2.05, 4.69) is 24.7 Å². The molecule has 4 heterocycles. The monoisotopic (exact) mass is 572 g/mol. The highest BCUT2D eigenvalue weighted by Gasteiger charge is 2.54. The molecule has 0 aromatic carbocycles. The number of aromatic nitrogens is 2. The van der Waals surface area contributed by atoms with Gasteiger partial charge in [0.15, 0.2) is 5.13 Å². The molecule has 2 saturated heterocycles. The molecule has 4 rings (SSSR count). The number of oxime groups is 1. The number of carbonyl (C=O) groups excluding carboxylic acids is 2. The van der Waals surface area contributed by atoms with Gasteiger partial charge in [-0.3, -0.25) is 14.5 Å². The van der Waals surface area contributed by atoms with Crippen LogP contribution in [0, 0.1) is 0 Å². The summed E-state index contributed by atoms with van der Waals surface area (Å²) >= 11 is 2.05. The van der Waals surface area contributed by atoms with Crippen LogP contribution in [0.15, 0.2) is 28.6 Å². The minimum atomic E-state index is -1.31. The third-order valence-corrected chi connectivity index (χ3v) is 8.51. The van der Waals surface area contributed by atoms with Crippen molar-refractivity contribution >= 4 is 51.9 Å². The predicted molar refractivity (Wildman–Crippen MR) is 134 cm³/mol. The Bertz CT molecular complexity index is 1210. The number of alkyl halides is 1. The number of β-lactam (4-membered cyclic amide) rings is 1. The molecule has 0 radical (unpaired) electrons. The van der Waals surface area contributed by atoms with Crippen LogP contribution in [0.25, 0.3) is 0 Å². The van der Waals surface area contributed by atoms with Gasteiger partial charge in [-0.1, -0.05) is 11.2 Å². The highest BCUT2D eigenvalue weighted by molar-refractivity contribution is 8.00. The van der Waals surface area contributed by atoms with E-state index in [1.165, 1.54) is 11.8 Å². The Labute approximate surface area is 224 Å². The van der Waals surface area contributed by atoms with Crippen LogP contribution < -0.4 is 11.1 Å². The lowest BCUT2D eigenvalue weighted by atomic mass is 10.0. The number of allylic oxidation sites excluding steroid dienone is 1. The van der Waals surface area contributed by atoms with Gasteiger partial charge < -0.3 is 35.7 Å². The lowest BCUT2D eigenvalue weighted by Gasteiger charge is -2.49. The van der Waals surface area contributed by atoms with E-state index in [4.69, 9.17) is 5.73 Å². The maximum Gasteiger partial charge on any atom is 0.352 e. The van der Waals surface area contributed by atoms with E-state index in [9.17, 15) is 34.1 Å². The van der Waals surface area contributed by atoms with E-state index in [0.29, 0.717) is 29.6 Å². The van der Waals surface area contributed by atoms with Gasteiger partial charge in [-0.05, 0) is 11.6 Å². The Hall–Kier alpha value is -3.12. The van der Waals surface area contributed by atoms with Crippen LogP contribution in [-0.4, -0.2) is 120 Å². The second-order valence-corrected chi connectivity index (χ2v) is 11.0. The topological polar surface area (TPSA) is 201 Å². The van der Waals surface area contributed by atoms with Gasteiger partial charge in [0.05, 0.1) is 20.2 Å². The first-order valence-corrected chi connectivity index (χ1v) is 13.3. The number of amides is 2. The van der Waals surface area contributed by atoms with Crippen LogP contribution in [0.2, 0.25) is 0 Å². The number of nitrogens with one attached hydrogen (secondary N) is 1. The van der Waals surface area contributed by atoms with Crippen molar-refractivity contribution in [2.75, 3.05) is 45.1 Å². The van der Waals surface area contributed by atoms with Gasteiger partial charge in [-0.15, -0.1) is 11.8 Å². The summed E-state index contributed by atoms with van der Waals surface area (Å²) in [6.45, 7) is -0.464. The van der Waals surface area contributed by atoms with Crippen molar-refractivity contribution in [1.29, 1.82) is 0 Å². The van der Waals surface area contributed by atoms with Crippen molar-refractivity contribution < 1.29 is 43.4 Å². The normalized spacial score (nSPS) is 29.4. The molecule has 2 amide bonds. The molecule has 3 aliphatic rings. The lowest BCUT2D eigenvalue weighted by molar-refractivity contribution is -0.917. The zero-order chi connectivity index (χ0) is 27.6. The van der Waals surface area contributed by atoms with Crippen LogP contribution in [-0.2, 0) is 19.2 Å². The summed E-state index contributed by atoms with van der Waals surface area (Å²) in [5, 5.41) is 34.7. The second kappa shape index (κ2) is 11.3. The number of fused-ring (bicyclic) bond motifs is 1. The average molecular weight is 573 g/mol. The molecule has 6 N–H and O–H groups in total. The van der Waals surface area contributed by atoms with Crippen molar-refractivity contribution in [2.24, 2.45) is 5.16 Å². The number of quaternary nitrogens is 1. The number of rotatable bonds is 10. The summed E-state index contributed by atoms with van der Waals surface area (Å²) in [4.78, 5) is 47.2. The van der Waals surface area contributed by atoms with E-state index in [-0.39, 0.29) is 35.1 Å². The number of carboxylic acids is 1. The first-order chi connectivity index (χ1) is 18.1. The molecular formula is C21H27FN7O7S2+. The third kappa shape index (κ3) is 5.37. The zero-order valence-corrected chi connectivity index (χ0v) is 21.8. The van der Waals surface area contributed by atoms with Crippen LogP contribution in [0.5, 0.6) is 0 Å². The number of likely N-dealkylation sites (N-methyl/N-ethyl adjacent to an activating group) is 1. The Kier molecular flexibility index (Phi) is 8.31. The fourth-order valence-corrected chi connectivity index (χ4v) is 6.54. The largest absolute Gasteiger partial charge is 0.477 e. The lowest BCUT2D eigenvalue weighted by Crippen LogP contribution is -2.71. The summed E-state index contributed by atoms with van der Waals surface area (Å²) < 4.78 is 16.8. The van der Waals surface area contributed by atoms with Crippen molar-refractivity contribution in [3.63, 3.8) is 0 Å². The van der Waals surface area contributed by atoms with Gasteiger partial charge in [0.2, 0.25) is 11.5 Å². The number of nitrogens with two attached hydrogens (primary N) is 1. The van der Waals surface area contributed by atoms with Gasteiger partial charge in [0, 0.05) is 23.7 Å². The molecule has 0 spiro atoms. The van der Waals surface area contributed by atoms with Gasteiger partial charge in [-0.25, -0.2) is 9.18 Å². The molecule has 206 valence electrons. The Morgan fingerprint density at radius 2 is 2.21 bits per heavy atom. The summed E-state index contributed by atoms with van der Waals surface area (Å²) in [6.07, 6.45) is 3.39. The van der Waals surface area contributed by atoms with Gasteiger partial charge >= 0.3 is 5.97 Å². The van der Waals surface area contributed by atoms with E-state index in [1.807, 2.05) is 7.05 Å². The summed E-state index contributed by atoms with van der Waals surface area (Å²) in [5.74, 6) is -2.80. The molecular weight excluding hydrogens is 545 g/mol. The fourth-order valence-electron chi connectivity index (χ4n) is 4.79. The van der Waals surface area contributed by atoms with Crippen LogP contribution in [0.1, 0.15) is 12.2 Å². The van der Waals surface area contributed by atoms with Crippen molar-refractivity contribution in [3.8, 4) is 0 Å².